The Morgan fingerprint density at radius 2 is 1.90 bits per heavy atom. The molecule has 2 aliphatic rings. The molecule has 0 saturated carbocycles. The summed E-state index contributed by atoms with van der Waals surface area (Å²) in [5.74, 6) is 0.0896. The average molecular weight is 666 g/mol. The highest BCUT2D eigenvalue weighted by atomic mass is 19.1. The van der Waals surface area contributed by atoms with E-state index in [0.29, 0.717) is 35.8 Å². The molecule has 0 spiro atoms. The van der Waals surface area contributed by atoms with Gasteiger partial charge in [-0.15, -0.1) is 0 Å². The van der Waals surface area contributed by atoms with Gasteiger partial charge < -0.3 is 19.1 Å². The van der Waals surface area contributed by atoms with Gasteiger partial charge in [-0.1, -0.05) is 26.0 Å². The first kappa shape index (κ1) is 33.8. The zero-order chi connectivity index (χ0) is 34.5. The number of hydrogen-bond acceptors (Lipinski definition) is 8. The summed E-state index contributed by atoms with van der Waals surface area (Å²) in [6, 6.07) is 17.3. The lowest BCUT2D eigenvalue weighted by atomic mass is 9.93. The lowest BCUT2D eigenvalue weighted by Gasteiger charge is -2.32. The van der Waals surface area contributed by atoms with Gasteiger partial charge in [0.1, 0.15) is 18.2 Å². The number of nitrogens with zero attached hydrogens (tertiary/aromatic N) is 7. The van der Waals surface area contributed by atoms with Crippen molar-refractivity contribution in [2.75, 3.05) is 19.7 Å². The molecule has 12 heteroatoms. The Morgan fingerprint density at radius 3 is 2.55 bits per heavy atom. The summed E-state index contributed by atoms with van der Waals surface area (Å²) in [4.78, 5) is 24.5. The summed E-state index contributed by atoms with van der Waals surface area (Å²) < 4.78 is 29.7. The average Bonchev–Trinajstić information content (AvgIpc) is 3.68. The molecule has 49 heavy (non-hydrogen) atoms. The Labute approximate surface area is 284 Å². The van der Waals surface area contributed by atoms with Crippen LogP contribution in [0.2, 0.25) is 0 Å². The number of likely N-dealkylation sites (tertiary alicyclic amines) is 1. The molecule has 3 aromatic heterocycles. The number of imidazole rings is 1. The fourth-order valence-electron chi connectivity index (χ4n) is 6.34. The number of aryl methyl sites for hydroxylation is 1. The minimum absolute atomic E-state index is 0.0245. The smallest absolute Gasteiger partial charge is 0.336 e. The van der Waals surface area contributed by atoms with Crippen LogP contribution in [0, 0.1) is 17.1 Å². The number of carbonyl (C=O) groups is 1. The summed E-state index contributed by atoms with van der Waals surface area (Å²) in [6.45, 7) is 7.69. The fraction of sp³-hybridized carbons (Fsp3) is 0.378. The zero-order valence-electron chi connectivity index (χ0n) is 28.0. The van der Waals surface area contributed by atoms with Crippen LogP contribution in [0.3, 0.4) is 0 Å². The molecule has 11 nitrogen and oxygen atoms in total. The van der Waals surface area contributed by atoms with Crippen molar-refractivity contribution in [2.45, 2.75) is 64.8 Å². The van der Waals surface area contributed by atoms with Crippen molar-refractivity contribution in [1.82, 2.24) is 29.2 Å². The molecule has 0 amide bonds. The van der Waals surface area contributed by atoms with Gasteiger partial charge in [0.2, 0.25) is 5.88 Å². The van der Waals surface area contributed by atoms with E-state index in [1.54, 1.807) is 42.2 Å². The third kappa shape index (κ3) is 7.48. The molecule has 254 valence electrons. The van der Waals surface area contributed by atoms with Crippen LogP contribution in [-0.2, 0) is 31.5 Å². The molecule has 0 radical (unpaired) electrons. The fourth-order valence-corrected chi connectivity index (χ4v) is 6.34. The van der Waals surface area contributed by atoms with Crippen LogP contribution in [0.25, 0.3) is 22.3 Å². The molecule has 0 aliphatic carbocycles. The van der Waals surface area contributed by atoms with Crippen LogP contribution in [0.5, 0.6) is 5.88 Å². The van der Waals surface area contributed by atoms with Gasteiger partial charge in [-0.25, -0.2) is 19.2 Å². The van der Waals surface area contributed by atoms with Crippen LogP contribution in [0.1, 0.15) is 72.0 Å². The number of hydrogen-bond donors (Lipinski definition) is 1. The Morgan fingerprint density at radius 1 is 1.10 bits per heavy atom. The van der Waals surface area contributed by atoms with Crippen molar-refractivity contribution in [3.8, 4) is 23.2 Å². The number of aromatic carboxylic acids is 1. The number of ether oxygens (including phenoxy) is 2. The predicted molar refractivity (Wildman–Crippen MR) is 182 cm³/mol. The molecule has 2 aromatic carbocycles. The molecule has 2 saturated heterocycles. The van der Waals surface area contributed by atoms with E-state index in [2.05, 4.69) is 14.6 Å². The maximum atomic E-state index is 14.3. The molecule has 2 aliphatic heterocycles. The topological polar surface area (TPSA) is 131 Å². The highest BCUT2D eigenvalue weighted by molar-refractivity contribution is 6.00. The molecule has 5 heterocycles. The minimum Gasteiger partial charge on any atom is -0.478 e. The van der Waals surface area contributed by atoms with Gasteiger partial charge in [0.15, 0.2) is 0 Å². The van der Waals surface area contributed by atoms with E-state index >= 15 is 0 Å². The molecule has 2 fully saturated rings. The Hall–Kier alpha value is -5.12. The van der Waals surface area contributed by atoms with Gasteiger partial charge in [-0.05, 0) is 68.8 Å². The van der Waals surface area contributed by atoms with E-state index in [4.69, 9.17) is 24.7 Å². The largest absolute Gasteiger partial charge is 0.478 e. The number of aromatic nitrogens is 5. The predicted octanol–water partition coefficient (Wildman–Crippen LogP) is 6.31. The van der Waals surface area contributed by atoms with Crippen molar-refractivity contribution in [2.24, 2.45) is 7.05 Å². The number of halogens is 1. The number of pyridine rings is 1. The quantitative estimate of drug-likeness (QED) is 0.182. The number of carboxylic acid groups (broad SMARTS) is 1. The standard InChI is InChI=1S/C35H34FN7O4.C2H6/c1-41-11-9-30(40-41)26-16-31-32(17-27(26)35(44)45)43(19-25-10-14-46-25)33(38-31)20-42-12-7-23(8-13-42)29-3-2-4-34(39-29)47-21-24-6-5-22(18-37)15-28(24)36;1-2/h2-6,9,11,15-17,23,25H,7-8,10,12-14,19-21H2,1H3,(H,44,45);1-2H3. The van der Waals surface area contributed by atoms with E-state index in [1.165, 1.54) is 6.07 Å². The number of benzene rings is 2. The first-order valence-corrected chi connectivity index (χ1v) is 16.7. The van der Waals surface area contributed by atoms with Gasteiger partial charge in [0.05, 0.1) is 53.1 Å². The second-order valence-corrected chi connectivity index (χ2v) is 12.1. The summed E-state index contributed by atoms with van der Waals surface area (Å²) in [5, 5.41) is 23.5. The van der Waals surface area contributed by atoms with E-state index < -0.39 is 11.8 Å². The highest BCUT2D eigenvalue weighted by Gasteiger charge is 2.27. The van der Waals surface area contributed by atoms with Crippen molar-refractivity contribution in [3.05, 3.63) is 94.8 Å². The maximum absolute atomic E-state index is 14.3. The van der Waals surface area contributed by atoms with E-state index in [9.17, 15) is 14.3 Å². The normalized spacial score (nSPS) is 16.4. The molecular weight excluding hydrogens is 625 g/mol. The van der Waals surface area contributed by atoms with Crippen LogP contribution in [0.15, 0.2) is 60.8 Å². The molecule has 1 N–H and O–H groups in total. The SMILES string of the molecule is CC.Cn1ccc(-c2cc3nc(CN4CCC(c5cccc(OCc6ccc(C#N)cc6F)n5)CC4)n(CC4CCO4)c3cc2C(=O)O)n1. The van der Waals surface area contributed by atoms with Crippen molar-refractivity contribution in [3.63, 3.8) is 0 Å². The first-order chi connectivity index (χ1) is 23.8. The second kappa shape index (κ2) is 15.0. The Balaban J connectivity index is 0.00000205. The molecule has 7 rings (SSSR count). The molecular formula is C37H40FN7O4. The van der Waals surface area contributed by atoms with Crippen LogP contribution < -0.4 is 4.74 Å². The summed E-state index contributed by atoms with van der Waals surface area (Å²) in [6.07, 6.45) is 4.64. The summed E-state index contributed by atoms with van der Waals surface area (Å²) >= 11 is 0. The molecule has 1 unspecified atom stereocenters. The molecule has 1 atom stereocenters. The van der Waals surface area contributed by atoms with Gasteiger partial charge in [-0.2, -0.15) is 10.4 Å². The second-order valence-electron chi connectivity index (χ2n) is 12.1. The van der Waals surface area contributed by atoms with Gasteiger partial charge >= 0.3 is 5.97 Å². The Bertz CT molecular complexity index is 1990. The number of rotatable bonds is 10. The van der Waals surface area contributed by atoms with Crippen molar-refractivity contribution < 1.29 is 23.8 Å². The van der Waals surface area contributed by atoms with Gasteiger partial charge in [0, 0.05) is 48.7 Å². The van der Waals surface area contributed by atoms with E-state index in [-0.39, 0.29) is 29.8 Å². The van der Waals surface area contributed by atoms with Crippen LogP contribution in [0.4, 0.5) is 4.39 Å². The summed E-state index contributed by atoms with van der Waals surface area (Å²) in [7, 11) is 1.80. The first-order valence-electron chi connectivity index (χ1n) is 16.7. The lowest BCUT2D eigenvalue weighted by Crippen LogP contribution is -2.35. The maximum Gasteiger partial charge on any atom is 0.336 e. The monoisotopic (exact) mass is 665 g/mol. The number of carboxylic acids is 1. The zero-order valence-corrected chi connectivity index (χ0v) is 28.0. The molecule has 5 aromatic rings. The minimum atomic E-state index is -1.01. The summed E-state index contributed by atoms with van der Waals surface area (Å²) in [5.41, 5.74) is 4.43. The van der Waals surface area contributed by atoms with Gasteiger partial charge in [-0.3, -0.25) is 9.58 Å². The van der Waals surface area contributed by atoms with E-state index in [1.807, 2.05) is 44.2 Å². The van der Waals surface area contributed by atoms with Crippen molar-refractivity contribution in [1.29, 1.82) is 5.26 Å². The molecule has 0 bridgehead atoms. The van der Waals surface area contributed by atoms with E-state index in [0.717, 1.165) is 61.5 Å². The number of fused-ring (bicyclic) bond motifs is 1. The van der Waals surface area contributed by atoms with Crippen molar-refractivity contribution >= 4 is 17.0 Å². The van der Waals surface area contributed by atoms with Gasteiger partial charge in [0.25, 0.3) is 0 Å². The number of piperidine rings is 1. The highest BCUT2D eigenvalue weighted by Crippen LogP contribution is 2.32. The number of nitriles is 1. The van der Waals surface area contributed by atoms with Crippen LogP contribution >= 0.6 is 0 Å². The van der Waals surface area contributed by atoms with Crippen LogP contribution in [-0.4, -0.2) is 66.1 Å². The lowest BCUT2D eigenvalue weighted by molar-refractivity contribution is -0.0592. The Kier molecular flexibility index (Phi) is 10.3. The third-order valence-electron chi connectivity index (χ3n) is 9.04. The third-order valence-corrected chi connectivity index (χ3v) is 9.04.